The lowest BCUT2D eigenvalue weighted by atomic mass is 10.1. The minimum Gasteiger partial charge on any atom is -0.324 e. The first kappa shape index (κ1) is 18.6. The average Bonchev–Trinajstić information content (AvgIpc) is 2.68. The predicted molar refractivity (Wildman–Crippen MR) is 107 cm³/mol. The number of rotatable bonds is 4. The lowest BCUT2D eigenvalue weighted by Crippen LogP contribution is -2.44. The molecule has 1 heterocycles. The van der Waals surface area contributed by atoms with Crippen LogP contribution in [0.4, 0.5) is 11.4 Å². The summed E-state index contributed by atoms with van der Waals surface area (Å²) in [7, 11) is 1.93. The molecule has 2 aromatic carbocycles. The van der Waals surface area contributed by atoms with Gasteiger partial charge in [0.25, 0.3) is 0 Å². The summed E-state index contributed by atoms with van der Waals surface area (Å²) in [5.41, 5.74) is 2.58. The van der Waals surface area contributed by atoms with Crippen LogP contribution in [-0.2, 0) is 16.1 Å². The van der Waals surface area contributed by atoms with Gasteiger partial charge in [0.2, 0.25) is 11.8 Å². The summed E-state index contributed by atoms with van der Waals surface area (Å²) in [6, 6.07) is 15.3. The van der Waals surface area contributed by atoms with Gasteiger partial charge in [0.1, 0.15) is 0 Å². The van der Waals surface area contributed by atoms with Gasteiger partial charge >= 0.3 is 0 Å². The van der Waals surface area contributed by atoms with Crippen LogP contribution in [0.1, 0.15) is 18.9 Å². The third kappa shape index (κ3) is 4.31. The van der Waals surface area contributed by atoms with Crippen molar-refractivity contribution in [1.29, 1.82) is 0 Å². The molecule has 1 aliphatic heterocycles. The summed E-state index contributed by atoms with van der Waals surface area (Å²) in [6.07, 6.45) is 0.287. The zero-order valence-electron chi connectivity index (χ0n) is 14.9. The van der Waals surface area contributed by atoms with Crippen LogP contribution in [0.15, 0.2) is 53.0 Å². The van der Waals surface area contributed by atoms with Gasteiger partial charge in [0, 0.05) is 23.5 Å². The highest BCUT2D eigenvalue weighted by molar-refractivity contribution is 9.10. The first-order valence-electron chi connectivity index (χ1n) is 8.58. The monoisotopic (exact) mass is 415 g/mol. The van der Waals surface area contributed by atoms with Gasteiger partial charge in [-0.2, -0.15) is 0 Å². The van der Waals surface area contributed by atoms with Crippen molar-refractivity contribution < 1.29 is 9.59 Å². The van der Waals surface area contributed by atoms with Gasteiger partial charge in [-0.25, -0.2) is 0 Å². The van der Waals surface area contributed by atoms with E-state index in [2.05, 4.69) is 21.2 Å². The van der Waals surface area contributed by atoms with Crippen molar-refractivity contribution in [2.75, 3.05) is 23.8 Å². The number of hydrogen-bond donors (Lipinski definition) is 1. The number of likely N-dealkylation sites (N-methyl/N-ethyl adjacent to an activating group) is 1. The predicted octanol–water partition coefficient (Wildman–Crippen LogP) is 3.64. The Hall–Kier alpha value is -2.18. The molecule has 3 rings (SSSR count). The van der Waals surface area contributed by atoms with Gasteiger partial charge in [-0.05, 0) is 43.8 Å². The van der Waals surface area contributed by atoms with E-state index in [1.165, 1.54) is 0 Å². The van der Waals surface area contributed by atoms with Crippen molar-refractivity contribution in [1.82, 2.24) is 4.90 Å². The van der Waals surface area contributed by atoms with E-state index >= 15 is 0 Å². The van der Waals surface area contributed by atoms with Crippen molar-refractivity contribution in [3.05, 3.63) is 58.6 Å². The highest BCUT2D eigenvalue weighted by Gasteiger charge is 2.29. The second-order valence-corrected chi connectivity index (χ2v) is 7.60. The fourth-order valence-corrected chi connectivity index (χ4v) is 3.72. The second kappa shape index (κ2) is 8.01. The summed E-state index contributed by atoms with van der Waals surface area (Å²) in [5.74, 6) is -0.0818. The zero-order chi connectivity index (χ0) is 18.7. The quantitative estimate of drug-likeness (QED) is 0.828. The van der Waals surface area contributed by atoms with Crippen molar-refractivity contribution in [3.63, 3.8) is 0 Å². The van der Waals surface area contributed by atoms with Crippen LogP contribution in [0.25, 0.3) is 0 Å². The molecule has 0 saturated heterocycles. The topological polar surface area (TPSA) is 52.7 Å². The number of carbonyl (C=O) groups is 2. The van der Waals surface area contributed by atoms with Gasteiger partial charge in [0.15, 0.2) is 0 Å². The molecule has 2 aromatic rings. The number of para-hydroxylation sites is 2. The Morgan fingerprint density at radius 2 is 2.04 bits per heavy atom. The maximum absolute atomic E-state index is 13.0. The van der Waals surface area contributed by atoms with E-state index in [0.29, 0.717) is 12.2 Å². The molecule has 0 aromatic heterocycles. The molecule has 1 N–H and O–H groups in total. The summed E-state index contributed by atoms with van der Waals surface area (Å²) >= 11 is 3.47. The van der Waals surface area contributed by atoms with Crippen LogP contribution >= 0.6 is 15.9 Å². The maximum atomic E-state index is 13.0. The summed E-state index contributed by atoms with van der Waals surface area (Å²) in [6.45, 7) is 2.86. The molecule has 6 heteroatoms. The Morgan fingerprint density at radius 3 is 2.81 bits per heavy atom. The van der Waals surface area contributed by atoms with Crippen molar-refractivity contribution >= 4 is 39.1 Å². The molecular weight excluding hydrogens is 394 g/mol. The van der Waals surface area contributed by atoms with Gasteiger partial charge in [-0.15, -0.1) is 0 Å². The van der Waals surface area contributed by atoms with Crippen molar-refractivity contribution in [2.45, 2.75) is 25.9 Å². The molecule has 5 nitrogen and oxygen atoms in total. The lowest BCUT2D eigenvalue weighted by molar-refractivity contribution is -0.120. The van der Waals surface area contributed by atoms with E-state index < -0.39 is 0 Å². The summed E-state index contributed by atoms with van der Waals surface area (Å²) < 4.78 is 1.02. The van der Waals surface area contributed by atoms with E-state index in [0.717, 1.165) is 15.7 Å². The Kier molecular flexibility index (Phi) is 5.74. The molecule has 2 amide bonds. The van der Waals surface area contributed by atoms with E-state index in [9.17, 15) is 9.59 Å². The molecule has 0 unspecified atom stereocenters. The van der Waals surface area contributed by atoms with Crippen LogP contribution < -0.4 is 10.2 Å². The molecule has 0 bridgehead atoms. The van der Waals surface area contributed by atoms with Crippen LogP contribution in [0.3, 0.4) is 0 Å². The number of halogens is 1. The lowest BCUT2D eigenvalue weighted by Gasteiger charge is -2.29. The Labute approximate surface area is 162 Å². The van der Waals surface area contributed by atoms with Crippen LogP contribution in [0.5, 0.6) is 0 Å². The minimum absolute atomic E-state index is 0.0149. The fourth-order valence-electron chi connectivity index (χ4n) is 3.28. The molecule has 0 aliphatic carbocycles. The van der Waals surface area contributed by atoms with Gasteiger partial charge in [-0.1, -0.05) is 40.2 Å². The van der Waals surface area contributed by atoms with Crippen LogP contribution in [0, 0.1) is 0 Å². The number of benzene rings is 2. The molecule has 0 spiro atoms. The molecule has 1 atom stereocenters. The first-order chi connectivity index (χ1) is 12.4. The number of amides is 2. The molecule has 0 radical (unpaired) electrons. The number of fused-ring (bicyclic) bond motifs is 1. The highest BCUT2D eigenvalue weighted by atomic mass is 79.9. The second-order valence-electron chi connectivity index (χ2n) is 6.68. The number of nitrogens with one attached hydrogen (secondary N) is 1. The number of anilines is 2. The number of nitrogens with zero attached hydrogens (tertiary/aromatic N) is 2. The van der Waals surface area contributed by atoms with E-state index in [1.54, 1.807) is 4.90 Å². The van der Waals surface area contributed by atoms with Crippen molar-refractivity contribution in [3.8, 4) is 0 Å². The molecular formula is C20H22BrN3O2. The standard InChI is InChI=1S/C20H22BrN3O2/c1-14-10-19(25)22-17-8-3-4-9-18(17)24(14)20(26)13-23(2)12-15-6-5-7-16(21)11-15/h3-9,11,14H,10,12-13H2,1-2H3,(H,22,25)/t14-/m1/s1. The third-order valence-electron chi connectivity index (χ3n) is 4.37. The normalized spacial score (nSPS) is 16.8. The van der Waals surface area contributed by atoms with Gasteiger partial charge < -0.3 is 10.2 Å². The average molecular weight is 416 g/mol. The SMILES string of the molecule is C[C@@H]1CC(=O)Nc2ccccc2N1C(=O)CN(C)Cc1cccc(Br)c1. The number of hydrogen-bond acceptors (Lipinski definition) is 3. The summed E-state index contributed by atoms with van der Waals surface area (Å²) in [4.78, 5) is 28.8. The molecule has 1 aliphatic rings. The van der Waals surface area contributed by atoms with E-state index in [-0.39, 0.29) is 30.8 Å². The third-order valence-corrected chi connectivity index (χ3v) is 4.87. The Balaban J connectivity index is 1.76. The smallest absolute Gasteiger partial charge is 0.241 e. The fraction of sp³-hybridized carbons (Fsp3) is 0.300. The minimum atomic E-state index is -0.189. The highest BCUT2D eigenvalue weighted by Crippen LogP contribution is 2.31. The van der Waals surface area contributed by atoms with E-state index in [1.807, 2.05) is 67.4 Å². The molecule has 0 fully saturated rings. The maximum Gasteiger partial charge on any atom is 0.241 e. The van der Waals surface area contributed by atoms with Gasteiger partial charge in [0.05, 0.1) is 17.9 Å². The van der Waals surface area contributed by atoms with E-state index in [4.69, 9.17) is 0 Å². The van der Waals surface area contributed by atoms with Crippen LogP contribution in [-0.4, -0.2) is 36.3 Å². The molecule has 136 valence electrons. The Bertz CT molecular complexity index is 824. The van der Waals surface area contributed by atoms with Crippen molar-refractivity contribution in [2.24, 2.45) is 0 Å². The van der Waals surface area contributed by atoms with Crippen LogP contribution in [0.2, 0.25) is 0 Å². The summed E-state index contributed by atoms with van der Waals surface area (Å²) in [5, 5.41) is 2.89. The first-order valence-corrected chi connectivity index (χ1v) is 9.37. The zero-order valence-corrected chi connectivity index (χ0v) is 16.5. The van der Waals surface area contributed by atoms with Gasteiger partial charge in [-0.3, -0.25) is 14.5 Å². The number of carbonyl (C=O) groups excluding carboxylic acids is 2. The Morgan fingerprint density at radius 1 is 1.27 bits per heavy atom. The largest absolute Gasteiger partial charge is 0.324 e. The molecule has 26 heavy (non-hydrogen) atoms. The molecule has 0 saturated carbocycles.